The highest BCUT2D eigenvalue weighted by Crippen LogP contribution is 2.32. The smallest absolute Gasteiger partial charge is 0.365 e. The van der Waals surface area contributed by atoms with Crippen LogP contribution in [0.15, 0.2) is 39.9 Å². The molecule has 1 amide bonds. The molecular formula is C18H15Cl2F3N4O. The molecule has 5 nitrogen and oxygen atoms in total. The van der Waals surface area contributed by atoms with Gasteiger partial charge >= 0.3 is 6.18 Å². The van der Waals surface area contributed by atoms with Gasteiger partial charge in [-0.3, -0.25) is 14.9 Å². The van der Waals surface area contributed by atoms with E-state index < -0.39 is 17.8 Å². The zero-order valence-corrected chi connectivity index (χ0v) is 15.9. The van der Waals surface area contributed by atoms with Gasteiger partial charge in [0.05, 0.1) is 23.5 Å². The number of amides is 1. The minimum absolute atomic E-state index is 0.0441. The molecule has 0 saturated heterocycles. The Kier molecular flexibility index (Phi) is 5.81. The number of hydrogen-bond acceptors (Lipinski definition) is 3. The second kappa shape index (κ2) is 7.97. The zero-order valence-electron chi connectivity index (χ0n) is 14.4. The number of nitrogens with two attached hydrogens (primary N) is 1. The van der Waals surface area contributed by atoms with E-state index in [4.69, 9.17) is 28.9 Å². The lowest BCUT2D eigenvalue weighted by Crippen LogP contribution is -2.24. The van der Waals surface area contributed by atoms with E-state index in [1.807, 2.05) is 6.07 Å². The van der Waals surface area contributed by atoms with Crippen LogP contribution in [0.3, 0.4) is 0 Å². The highest BCUT2D eigenvalue weighted by atomic mass is 35.5. The number of nitrogens with zero attached hydrogens (tertiary/aromatic N) is 2. The first-order chi connectivity index (χ1) is 13.2. The Morgan fingerprint density at radius 2 is 2.00 bits per heavy atom. The molecule has 148 valence electrons. The highest BCUT2D eigenvalue weighted by Gasteiger charge is 2.41. The molecule has 28 heavy (non-hydrogen) atoms. The Morgan fingerprint density at radius 1 is 1.25 bits per heavy atom. The average molecular weight is 431 g/mol. The van der Waals surface area contributed by atoms with Crippen LogP contribution < -0.4 is 5.73 Å². The SMILES string of the molecule is NC(=O)c1c(CCC2=C(Cl)CN=C2C(F)(F)F)n[nH]c1Cc1cccc(Cl)c1. The number of aliphatic imine (C=N–C) groups is 1. The fraction of sp³-hybridized carbons (Fsp3) is 0.278. The van der Waals surface area contributed by atoms with E-state index >= 15 is 0 Å². The van der Waals surface area contributed by atoms with E-state index in [-0.39, 0.29) is 41.2 Å². The summed E-state index contributed by atoms with van der Waals surface area (Å²) >= 11 is 11.9. The molecule has 3 N–H and O–H groups in total. The summed E-state index contributed by atoms with van der Waals surface area (Å²) < 4.78 is 39.2. The standard InChI is InChI=1S/C18H15Cl2F3N4O/c19-10-3-1-2-9(6-10)7-14-15(17(24)28)13(26-27-14)5-4-11-12(20)8-25-16(11)18(21,22)23/h1-3,6H,4-5,7-8H2,(H2,24,28)(H,26,27). The number of nitrogens with one attached hydrogen (secondary N) is 1. The number of alkyl halides is 3. The van der Waals surface area contributed by atoms with Crippen molar-refractivity contribution in [3.05, 3.63) is 62.4 Å². The van der Waals surface area contributed by atoms with E-state index in [2.05, 4.69) is 15.2 Å². The van der Waals surface area contributed by atoms with Gasteiger partial charge in [0.15, 0.2) is 0 Å². The van der Waals surface area contributed by atoms with E-state index in [0.29, 0.717) is 17.1 Å². The highest BCUT2D eigenvalue weighted by molar-refractivity contribution is 6.34. The van der Waals surface area contributed by atoms with Gasteiger partial charge in [0.25, 0.3) is 5.91 Å². The van der Waals surface area contributed by atoms with Crippen LogP contribution in [-0.2, 0) is 12.8 Å². The van der Waals surface area contributed by atoms with Gasteiger partial charge in [0, 0.05) is 16.5 Å². The van der Waals surface area contributed by atoms with Crippen LogP contribution in [0.5, 0.6) is 0 Å². The lowest BCUT2D eigenvalue weighted by Gasteiger charge is -2.10. The molecule has 0 radical (unpaired) electrons. The Morgan fingerprint density at radius 3 is 2.64 bits per heavy atom. The molecule has 2 aromatic rings. The number of H-pyrrole nitrogens is 1. The number of carbonyl (C=O) groups excluding carboxylic acids is 1. The third-order valence-electron chi connectivity index (χ3n) is 4.30. The van der Waals surface area contributed by atoms with Gasteiger partial charge < -0.3 is 5.73 Å². The summed E-state index contributed by atoms with van der Waals surface area (Å²) in [6.45, 7) is -0.199. The first-order valence-electron chi connectivity index (χ1n) is 8.26. The monoisotopic (exact) mass is 430 g/mol. The zero-order chi connectivity index (χ0) is 20.5. The number of allylic oxidation sites excluding steroid dienone is 1. The lowest BCUT2D eigenvalue weighted by atomic mass is 9.99. The summed E-state index contributed by atoms with van der Waals surface area (Å²) in [6.07, 6.45) is -4.25. The van der Waals surface area contributed by atoms with E-state index in [1.54, 1.807) is 18.2 Å². The second-order valence-electron chi connectivity index (χ2n) is 6.24. The van der Waals surface area contributed by atoms with Crippen LogP contribution in [0.4, 0.5) is 13.2 Å². The van der Waals surface area contributed by atoms with Gasteiger partial charge in [-0.2, -0.15) is 18.3 Å². The van der Waals surface area contributed by atoms with Crippen molar-refractivity contribution in [2.75, 3.05) is 6.54 Å². The summed E-state index contributed by atoms with van der Waals surface area (Å²) in [4.78, 5) is 15.4. The van der Waals surface area contributed by atoms with Crippen LogP contribution in [0.1, 0.15) is 33.7 Å². The molecule has 1 aromatic carbocycles. The number of benzene rings is 1. The molecule has 3 rings (SSSR count). The molecule has 0 unspecified atom stereocenters. The van der Waals surface area contributed by atoms with Crippen LogP contribution in [0.2, 0.25) is 5.02 Å². The Hall–Kier alpha value is -2.32. The Bertz CT molecular complexity index is 979. The molecule has 10 heteroatoms. The first-order valence-corrected chi connectivity index (χ1v) is 9.02. The number of hydrogen-bond donors (Lipinski definition) is 2. The molecule has 2 heterocycles. The van der Waals surface area contributed by atoms with Gasteiger partial charge in [-0.25, -0.2) is 0 Å². The van der Waals surface area contributed by atoms with Crippen molar-refractivity contribution in [2.45, 2.75) is 25.4 Å². The summed E-state index contributed by atoms with van der Waals surface area (Å²) in [5.74, 6) is -0.711. The molecular weight excluding hydrogens is 416 g/mol. The predicted octanol–water partition coefficient (Wildman–Crippen LogP) is 4.20. The maximum atomic E-state index is 13.1. The van der Waals surface area contributed by atoms with Crippen molar-refractivity contribution in [1.82, 2.24) is 10.2 Å². The number of carbonyl (C=O) groups is 1. The van der Waals surface area contributed by atoms with Crippen LogP contribution in [0, 0.1) is 0 Å². The number of aryl methyl sites for hydroxylation is 1. The molecule has 0 saturated carbocycles. The minimum Gasteiger partial charge on any atom is -0.365 e. The predicted molar refractivity (Wildman–Crippen MR) is 101 cm³/mol. The maximum Gasteiger partial charge on any atom is 0.433 e. The topological polar surface area (TPSA) is 84.1 Å². The quantitative estimate of drug-likeness (QED) is 0.719. The molecule has 0 bridgehead atoms. The van der Waals surface area contributed by atoms with Gasteiger partial charge in [-0.05, 0) is 36.1 Å². The van der Waals surface area contributed by atoms with Gasteiger partial charge in [0.2, 0.25) is 0 Å². The maximum absolute atomic E-state index is 13.1. The van der Waals surface area contributed by atoms with Crippen molar-refractivity contribution < 1.29 is 18.0 Å². The first kappa shape index (κ1) is 20.4. The molecule has 0 fully saturated rings. The van der Waals surface area contributed by atoms with Crippen molar-refractivity contribution >= 4 is 34.8 Å². The van der Waals surface area contributed by atoms with Crippen LogP contribution in [-0.4, -0.2) is 34.5 Å². The number of primary amides is 1. The third-order valence-corrected chi connectivity index (χ3v) is 4.88. The molecule has 0 atom stereocenters. The molecule has 0 aliphatic carbocycles. The van der Waals surface area contributed by atoms with E-state index in [0.717, 1.165) is 5.56 Å². The molecule has 1 aliphatic heterocycles. The van der Waals surface area contributed by atoms with Crippen molar-refractivity contribution in [1.29, 1.82) is 0 Å². The van der Waals surface area contributed by atoms with Gasteiger partial charge in [-0.1, -0.05) is 35.3 Å². The molecule has 1 aliphatic rings. The largest absolute Gasteiger partial charge is 0.433 e. The fourth-order valence-electron chi connectivity index (χ4n) is 3.10. The van der Waals surface area contributed by atoms with Crippen molar-refractivity contribution in [2.24, 2.45) is 10.7 Å². The van der Waals surface area contributed by atoms with E-state index in [1.165, 1.54) is 0 Å². The summed E-state index contributed by atoms with van der Waals surface area (Å²) in [7, 11) is 0. The fourth-order valence-corrected chi connectivity index (χ4v) is 3.55. The number of aromatic amines is 1. The summed E-state index contributed by atoms with van der Waals surface area (Å²) in [5, 5.41) is 7.43. The van der Waals surface area contributed by atoms with Crippen molar-refractivity contribution in [3.63, 3.8) is 0 Å². The normalized spacial score (nSPS) is 14.5. The Labute approximate surface area is 168 Å². The second-order valence-corrected chi connectivity index (χ2v) is 7.13. The third kappa shape index (κ3) is 4.39. The van der Waals surface area contributed by atoms with E-state index in [9.17, 15) is 18.0 Å². The number of rotatable bonds is 6. The number of halogens is 5. The Balaban J connectivity index is 1.82. The lowest BCUT2D eigenvalue weighted by molar-refractivity contribution is -0.0582. The van der Waals surface area contributed by atoms with Crippen LogP contribution >= 0.6 is 23.2 Å². The summed E-state index contributed by atoms with van der Waals surface area (Å²) in [5.41, 5.74) is 6.18. The molecule has 1 aromatic heterocycles. The van der Waals surface area contributed by atoms with Crippen LogP contribution in [0.25, 0.3) is 0 Å². The molecule has 0 spiro atoms. The minimum atomic E-state index is -4.58. The summed E-state index contributed by atoms with van der Waals surface area (Å²) in [6, 6.07) is 7.05. The van der Waals surface area contributed by atoms with Crippen molar-refractivity contribution in [3.8, 4) is 0 Å². The van der Waals surface area contributed by atoms with Gasteiger partial charge in [0.1, 0.15) is 5.71 Å². The van der Waals surface area contributed by atoms with Gasteiger partial charge in [-0.15, -0.1) is 0 Å². The average Bonchev–Trinajstić information content (AvgIpc) is 3.16. The number of aromatic nitrogens is 2.